The molecule has 1 heterocycles. The van der Waals surface area contributed by atoms with Gasteiger partial charge in [-0.2, -0.15) is 4.57 Å². The van der Waals surface area contributed by atoms with Gasteiger partial charge in [0.15, 0.2) is 0 Å². The number of hydrogen-bond acceptors (Lipinski definition) is 3. The van der Waals surface area contributed by atoms with Crippen molar-refractivity contribution in [3.05, 3.63) is 60.2 Å². The van der Waals surface area contributed by atoms with E-state index in [1.165, 1.54) is 17.6 Å². The number of carbonyl (C=O) groups is 2. The SMILES string of the molecule is CCOC(=O)/C=C/c1ccccc1C[n+]1ccn(C(C)=O)c1.[Br-]. The van der Waals surface area contributed by atoms with Gasteiger partial charge in [0.2, 0.25) is 0 Å². The third kappa shape index (κ3) is 5.49. The van der Waals surface area contributed by atoms with E-state index < -0.39 is 0 Å². The monoisotopic (exact) mass is 378 g/mol. The van der Waals surface area contributed by atoms with Gasteiger partial charge in [0.1, 0.15) is 18.9 Å². The molecule has 5 nitrogen and oxygen atoms in total. The normalized spacial score (nSPS) is 10.3. The van der Waals surface area contributed by atoms with Crippen LogP contribution in [0, 0.1) is 0 Å². The van der Waals surface area contributed by atoms with Crippen molar-refractivity contribution in [2.24, 2.45) is 0 Å². The van der Waals surface area contributed by atoms with Crippen molar-refractivity contribution in [3.63, 3.8) is 0 Å². The van der Waals surface area contributed by atoms with Crippen LogP contribution in [0.2, 0.25) is 0 Å². The Labute approximate surface area is 146 Å². The summed E-state index contributed by atoms with van der Waals surface area (Å²) in [5.74, 6) is -0.387. The molecule has 0 N–H and O–H groups in total. The summed E-state index contributed by atoms with van der Waals surface area (Å²) in [6.45, 7) is 4.26. The van der Waals surface area contributed by atoms with Crippen molar-refractivity contribution in [2.45, 2.75) is 20.4 Å². The van der Waals surface area contributed by atoms with Crippen molar-refractivity contribution >= 4 is 18.0 Å². The molecule has 0 aliphatic rings. The summed E-state index contributed by atoms with van der Waals surface area (Å²) in [6, 6.07) is 7.79. The molecule has 122 valence electrons. The van der Waals surface area contributed by atoms with E-state index in [2.05, 4.69) is 0 Å². The molecule has 0 saturated carbocycles. The first kappa shape index (κ1) is 18.8. The molecule has 0 fully saturated rings. The Balaban J connectivity index is 0.00000264. The Hall–Kier alpha value is -2.21. The molecule has 1 aromatic carbocycles. The van der Waals surface area contributed by atoms with Gasteiger partial charge in [0.25, 0.3) is 6.33 Å². The van der Waals surface area contributed by atoms with E-state index in [1.807, 2.05) is 35.0 Å². The number of halogens is 1. The van der Waals surface area contributed by atoms with Gasteiger partial charge in [-0.25, -0.2) is 14.2 Å². The summed E-state index contributed by atoms with van der Waals surface area (Å²) < 4.78 is 8.32. The Morgan fingerprint density at radius 2 is 2.04 bits per heavy atom. The van der Waals surface area contributed by atoms with Crippen molar-refractivity contribution < 1.29 is 35.9 Å². The van der Waals surface area contributed by atoms with Gasteiger partial charge in [-0.15, -0.1) is 0 Å². The molecule has 0 unspecified atom stereocenters. The Bertz CT molecular complexity index is 707. The zero-order valence-corrected chi connectivity index (χ0v) is 14.7. The van der Waals surface area contributed by atoms with Crippen molar-refractivity contribution in [3.8, 4) is 0 Å². The van der Waals surface area contributed by atoms with E-state index in [9.17, 15) is 9.59 Å². The molecule has 0 amide bonds. The Morgan fingerprint density at radius 1 is 1.30 bits per heavy atom. The van der Waals surface area contributed by atoms with Gasteiger partial charge < -0.3 is 21.7 Å². The van der Waals surface area contributed by atoms with Gasteiger partial charge in [-0.05, 0) is 18.6 Å². The Kier molecular flexibility index (Phi) is 7.41. The maximum Gasteiger partial charge on any atom is 0.330 e. The zero-order valence-electron chi connectivity index (χ0n) is 13.1. The van der Waals surface area contributed by atoms with Gasteiger partial charge in [-0.1, -0.05) is 24.3 Å². The number of benzene rings is 1. The number of rotatable bonds is 5. The highest BCUT2D eigenvalue weighted by atomic mass is 79.9. The van der Waals surface area contributed by atoms with Crippen LogP contribution in [0.3, 0.4) is 0 Å². The average molecular weight is 379 g/mol. The zero-order chi connectivity index (χ0) is 15.9. The quantitative estimate of drug-likeness (QED) is 0.383. The minimum atomic E-state index is -0.354. The molecule has 0 spiro atoms. The van der Waals surface area contributed by atoms with Crippen LogP contribution in [0.1, 0.15) is 29.8 Å². The molecule has 23 heavy (non-hydrogen) atoms. The van der Waals surface area contributed by atoms with E-state index in [0.29, 0.717) is 13.2 Å². The van der Waals surface area contributed by atoms with E-state index in [-0.39, 0.29) is 28.9 Å². The number of nitrogens with zero attached hydrogens (tertiary/aromatic N) is 2. The van der Waals surface area contributed by atoms with Crippen LogP contribution >= 0.6 is 0 Å². The molecule has 0 saturated heterocycles. The van der Waals surface area contributed by atoms with Crippen LogP contribution in [-0.4, -0.2) is 23.1 Å². The predicted octanol–water partition coefficient (Wildman–Crippen LogP) is -0.936. The van der Waals surface area contributed by atoms with Gasteiger partial charge in [0, 0.05) is 18.6 Å². The van der Waals surface area contributed by atoms with Gasteiger partial charge in [-0.3, -0.25) is 0 Å². The topological polar surface area (TPSA) is 52.2 Å². The summed E-state index contributed by atoms with van der Waals surface area (Å²) in [7, 11) is 0. The van der Waals surface area contributed by atoms with E-state index in [4.69, 9.17) is 4.74 Å². The van der Waals surface area contributed by atoms with Crippen LogP contribution in [0.15, 0.2) is 49.1 Å². The van der Waals surface area contributed by atoms with Crippen molar-refractivity contribution in [1.82, 2.24) is 4.57 Å². The summed E-state index contributed by atoms with van der Waals surface area (Å²) in [5, 5.41) is 0. The molecular weight excluding hydrogens is 360 g/mol. The highest BCUT2D eigenvalue weighted by Gasteiger charge is 2.09. The summed E-state index contributed by atoms with van der Waals surface area (Å²) >= 11 is 0. The predicted molar refractivity (Wildman–Crippen MR) is 82.1 cm³/mol. The van der Waals surface area contributed by atoms with E-state index in [0.717, 1.165) is 11.1 Å². The first-order chi connectivity index (χ1) is 10.6. The van der Waals surface area contributed by atoms with Crippen LogP contribution < -0.4 is 21.5 Å². The Morgan fingerprint density at radius 3 is 2.70 bits per heavy atom. The summed E-state index contributed by atoms with van der Waals surface area (Å²) in [4.78, 5) is 22.7. The first-order valence-corrected chi connectivity index (χ1v) is 7.11. The molecular formula is C17H19BrN2O3. The number of hydrogen-bond donors (Lipinski definition) is 0. The standard InChI is InChI=1S/C17H19N2O3.BrH/c1-3-22-17(21)9-8-15-6-4-5-7-16(15)12-18-10-11-19(13-18)14(2)20;/h4-11,13H,3,12H2,1-2H3;1H/q+1;/p-1/b9-8+;. The third-order valence-corrected chi connectivity index (χ3v) is 3.15. The fourth-order valence-corrected chi connectivity index (χ4v) is 2.06. The van der Waals surface area contributed by atoms with Gasteiger partial charge >= 0.3 is 11.9 Å². The molecule has 6 heteroatoms. The van der Waals surface area contributed by atoms with E-state index in [1.54, 1.807) is 25.5 Å². The molecule has 0 radical (unpaired) electrons. The second-order valence-corrected chi connectivity index (χ2v) is 4.80. The number of ether oxygens (including phenoxy) is 1. The molecule has 2 rings (SSSR count). The second-order valence-electron chi connectivity index (χ2n) is 4.80. The van der Waals surface area contributed by atoms with Crippen molar-refractivity contribution in [2.75, 3.05) is 6.61 Å². The van der Waals surface area contributed by atoms with Crippen LogP contribution in [0.4, 0.5) is 0 Å². The second kappa shape index (κ2) is 9.05. The fourth-order valence-electron chi connectivity index (χ4n) is 2.06. The molecule has 0 bridgehead atoms. The highest BCUT2D eigenvalue weighted by molar-refractivity contribution is 5.87. The van der Waals surface area contributed by atoms with Crippen molar-refractivity contribution in [1.29, 1.82) is 0 Å². The lowest BCUT2D eigenvalue weighted by molar-refractivity contribution is -0.687. The van der Waals surface area contributed by atoms with Crippen LogP contribution in [0.5, 0.6) is 0 Å². The first-order valence-electron chi connectivity index (χ1n) is 7.11. The molecule has 1 aromatic heterocycles. The highest BCUT2D eigenvalue weighted by Crippen LogP contribution is 2.10. The minimum absolute atomic E-state index is 0. The lowest BCUT2D eigenvalue weighted by atomic mass is 10.1. The number of carbonyl (C=O) groups excluding carboxylic acids is 2. The number of imidazole rings is 1. The minimum Gasteiger partial charge on any atom is -1.00 e. The molecule has 0 aliphatic carbocycles. The number of esters is 1. The third-order valence-electron chi connectivity index (χ3n) is 3.15. The van der Waals surface area contributed by atoms with Crippen LogP contribution in [-0.2, 0) is 16.1 Å². The lowest BCUT2D eigenvalue weighted by Gasteiger charge is -2.03. The molecule has 0 atom stereocenters. The lowest BCUT2D eigenvalue weighted by Crippen LogP contribution is -3.00. The summed E-state index contributed by atoms with van der Waals surface area (Å²) in [5.41, 5.74) is 1.99. The maximum absolute atomic E-state index is 11.4. The number of aromatic nitrogens is 2. The molecule has 2 aromatic rings. The average Bonchev–Trinajstić information content (AvgIpc) is 2.95. The molecule has 0 aliphatic heterocycles. The summed E-state index contributed by atoms with van der Waals surface area (Å²) in [6.07, 6.45) is 8.48. The largest absolute Gasteiger partial charge is 1.00 e. The van der Waals surface area contributed by atoms with Gasteiger partial charge in [0.05, 0.1) is 6.61 Å². The van der Waals surface area contributed by atoms with Crippen LogP contribution in [0.25, 0.3) is 6.08 Å². The van der Waals surface area contributed by atoms with E-state index >= 15 is 0 Å². The maximum atomic E-state index is 11.4. The smallest absolute Gasteiger partial charge is 0.330 e. The fraction of sp³-hybridized carbons (Fsp3) is 0.235.